The summed E-state index contributed by atoms with van der Waals surface area (Å²) in [5, 5.41) is 12.2. The van der Waals surface area contributed by atoms with Crippen LogP contribution in [0.5, 0.6) is 5.75 Å². The predicted molar refractivity (Wildman–Crippen MR) is 46.5 cm³/mol. The summed E-state index contributed by atoms with van der Waals surface area (Å²) in [5.74, 6) is -0.291. The highest BCUT2D eigenvalue weighted by molar-refractivity contribution is 5.97. The molecule has 0 saturated heterocycles. The van der Waals surface area contributed by atoms with Crippen LogP contribution < -0.4 is 0 Å². The van der Waals surface area contributed by atoms with Crippen molar-refractivity contribution in [1.82, 2.24) is 0 Å². The molecule has 0 bridgehead atoms. The second-order valence-corrected chi connectivity index (χ2v) is 2.36. The van der Waals surface area contributed by atoms with Gasteiger partial charge in [-0.1, -0.05) is 17.2 Å². The van der Waals surface area contributed by atoms with Crippen LogP contribution in [-0.4, -0.2) is 17.4 Å². The molecule has 1 N–H and O–H groups in total. The summed E-state index contributed by atoms with van der Waals surface area (Å²) in [6, 6.07) is 5.90. The summed E-state index contributed by atoms with van der Waals surface area (Å²) in [6.45, 7) is -0.222. The lowest BCUT2D eigenvalue weighted by atomic mass is 10.1. The van der Waals surface area contributed by atoms with Crippen LogP contribution in [-0.2, 0) is 0 Å². The Bertz CT molecular complexity index is 369. The largest absolute Gasteiger partial charge is 0.508 e. The molecule has 5 nitrogen and oxygen atoms in total. The normalized spacial score (nSPS) is 8.92. The molecular formula is C8H7N3O2. The second kappa shape index (κ2) is 4.13. The van der Waals surface area contributed by atoms with E-state index in [1.54, 1.807) is 12.1 Å². The highest BCUT2D eigenvalue weighted by atomic mass is 16.3. The first-order valence-electron chi connectivity index (χ1n) is 3.57. The first kappa shape index (κ1) is 9.09. The van der Waals surface area contributed by atoms with E-state index in [-0.39, 0.29) is 18.1 Å². The Kier molecular flexibility index (Phi) is 2.89. The fourth-order valence-electron chi connectivity index (χ4n) is 0.866. The molecule has 0 radical (unpaired) electrons. The van der Waals surface area contributed by atoms with Crippen molar-refractivity contribution in [2.45, 2.75) is 0 Å². The van der Waals surface area contributed by atoms with E-state index >= 15 is 0 Å². The van der Waals surface area contributed by atoms with Gasteiger partial charge in [0, 0.05) is 10.5 Å². The van der Waals surface area contributed by atoms with E-state index in [4.69, 9.17) is 10.6 Å². The number of benzene rings is 1. The third-order valence-corrected chi connectivity index (χ3v) is 1.45. The molecule has 0 aliphatic rings. The lowest BCUT2D eigenvalue weighted by molar-refractivity contribution is 0.100. The first-order chi connectivity index (χ1) is 6.24. The van der Waals surface area contributed by atoms with E-state index in [9.17, 15) is 4.79 Å². The Labute approximate surface area is 74.3 Å². The van der Waals surface area contributed by atoms with E-state index < -0.39 is 0 Å². The fraction of sp³-hybridized carbons (Fsp3) is 0.125. The maximum atomic E-state index is 11.2. The van der Waals surface area contributed by atoms with Crippen LogP contribution in [0.1, 0.15) is 10.4 Å². The molecule has 0 aromatic heterocycles. The summed E-state index contributed by atoms with van der Waals surface area (Å²) in [7, 11) is 0. The number of carbonyl (C=O) groups excluding carboxylic acids is 1. The molecule has 66 valence electrons. The summed E-state index contributed by atoms with van der Waals surface area (Å²) in [6.07, 6.45) is 0. The van der Waals surface area contributed by atoms with Crippen molar-refractivity contribution in [3.63, 3.8) is 0 Å². The van der Waals surface area contributed by atoms with Gasteiger partial charge in [-0.15, -0.1) is 0 Å². The van der Waals surface area contributed by atoms with Crippen molar-refractivity contribution in [3.05, 3.63) is 40.3 Å². The molecule has 0 aliphatic carbocycles. The lowest BCUT2D eigenvalue weighted by Gasteiger charge is -1.96. The third-order valence-electron chi connectivity index (χ3n) is 1.45. The van der Waals surface area contributed by atoms with Crippen LogP contribution >= 0.6 is 0 Å². The minimum atomic E-state index is -0.311. The molecule has 0 aliphatic heterocycles. The molecule has 0 heterocycles. The maximum Gasteiger partial charge on any atom is 0.168 e. The van der Waals surface area contributed by atoms with E-state index in [1.807, 2.05) is 0 Å². The zero-order valence-electron chi connectivity index (χ0n) is 6.71. The Morgan fingerprint density at radius 3 is 3.00 bits per heavy atom. The predicted octanol–water partition coefficient (Wildman–Crippen LogP) is 1.89. The molecule has 0 unspecified atom stereocenters. The molecule has 13 heavy (non-hydrogen) atoms. The van der Waals surface area contributed by atoms with Gasteiger partial charge in [0.15, 0.2) is 5.78 Å². The Morgan fingerprint density at radius 2 is 2.38 bits per heavy atom. The summed E-state index contributed by atoms with van der Waals surface area (Å²) < 4.78 is 0. The molecule has 0 spiro atoms. The quantitative estimate of drug-likeness (QED) is 0.330. The van der Waals surface area contributed by atoms with Crippen molar-refractivity contribution in [3.8, 4) is 5.75 Å². The summed E-state index contributed by atoms with van der Waals surface area (Å²) in [5.41, 5.74) is 8.31. The molecule has 1 rings (SSSR count). The minimum Gasteiger partial charge on any atom is -0.508 e. The maximum absolute atomic E-state index is 11.2. The number of hydrogen-bond acceptors (Lipinski definition) is 3. The van der Waals surface area contributed by atoms with Crippen LogP contribution in [0.4, 0.5) is 0 Å². The van der Waals surface area contributed by atoms with Crippen LogP contribution in [0.15, 0.2) is 29.4 Å². The van der Waals surface area contributed by atoms with E-state index in [2.05, 4.69) is 10.0 Å². The number of Topliss-reactive ketones (excluding diaryl/α,β-unsaturated/α-hetero) is 1. The van der Waals surface area contributed by atoms with Gasteiger partial charge >= 0.3 is 0 Å². The van der Waals surface area contributed by atoms with Gasteiger partial charge in [0.25, 0.3) is 0 Å². The van der Waals surface area contributed by atoms with Gasteiger partial charge in [-0.05, 0) is 17.7 Å². The van der Waals surface area contributed by atoms with Crippen molar-refractivity contribution < 1.29 is 9.90 Å². The minimum absolute atomic E-state index is 0.0202. The number of hydrogen-bond donors (Lipinski definition) is 1. The zero-order valence-corrected chi connectivity index (χ0v) is 6.71. The average molecular weight is 177 g/mol. The van der Waals surface area contributed by atoms with E-state index in [0.29, 0.717) is 5.56 Å². The summed E-state index contributed by atoms with van der Waals surface area (Å²) in [4.78, 5) is 13.6. The number of phenols is 1. The van der Waals surface area contributed by atoms with Crippen molar-refractivity contribution in [1.29, 1.82) is 0 Å². The lowest BCUT2D eigenvalue weighted by Crippen LogP contribution is -2.01. The monoisotopic (exact) mass is 177 g/mol. The van der Waals surface area contributed by atoms with Gasteiger partial charge < -0.3 is 5.11 Å². The number of rotatable bonds is 3. The van der Waals surface area contributed by atoms with Crippen LogP contribution in [0.2, 0.25) is 0 Å². The van der Waals surface area contributed by atoms with Crippen LogP contribution in [0.25, 0.3) is 10.4 Å². The van der Waals surface area contributed by atoms with E-state index in [1.165, 1.54) is 12.1 Å². The summed E-state index contributed by atoms with van der Waals surface area (Å²) >= 11 is 0. The first-order valence-corrected chi connectivity index (χ1v) is 3.57. The number of phenolic OH excluding ortho intramolecular Hbond substituents is 1. The molecule has 0 fully saturated rings. The van der Waals surface area contributed by atoms with Crippen LogP contribution in [0, 0.1) is 0 Å². The topological polar surface area (TPSA) is 86.1 Å². The average Bonchev–Trinajstić information content (AvgIpc) is 2.14. The highest BCUT2D eigenvalue weighted by Gasteiger charge is 2.03. The van der Waals surface area contributed by atoms with Crippen molar-refractivity contribution in [2.75, 3.05) is 6.54 Å². The second-order valence-electron chi connectivity index (χ2n) is 2.36. The Balaban J connectivity index is 2.82. The van der Waals surface area contributed by atoms with Gasteiger partial charge in [0.2, 0.25) is 0 Å². The van der Waals surface area contributed by atoms with Gasteiger partial charge in [0.1, 0.15) is 5.75 Å². The SMILES string of the molecule is [N-]=[N+]=NCC(=O)c1cccc(O)c1. The van der Waals surface area contributed by atoms with Crippen molar-refractivity contribution in [2.24, 2.45) is 5.11 Å². The molecule has 0 atom stereocenters. The number of azide groups is 1. The van der Waals surface area contributed by atoms with Crippen molar-refractivity contribution >= 4 is 5.78 Å². The standard InChI is InChI=1S/C8H7N3O2/c9-11-10-5-8(13)6-2-1-3-7(12)4-6/h1-4,12H,5H2. The zero-order chi connectivity index (χ0) is 9.68. The molecule has 1 aromatic rings. The third kappa shape index (κ3) is 2.50. The van der Waals surface area contributed by atoms with Gasteiger partial charge in [-0.2, -0.15) is 0 Å². The number of ketones is 1. The smallest absolute Gasteiger partial charge is 0.168 e. The Morgan fingerprint density at radius 1 is 1.62 bits per heavy atom. The molecule has 0 amide bonds. The number of carbonyl (C=O) groups is 1. The molecule has 5 heteroatoms. The fourth-order valence-corrected chi connectivity index (χ4v) is 0.866. The van der Waals surface area contributed by atoms with E-state index in [0.717, 1.165) is 0 Å². The van der Waals surface area contributed by atoms with Gasteiger partial charge in [0.05, 0.1) is 6.54 Å². The molecule has 0 saturated carbocycles. The van der Waals surface area contributed by atoms with Gasteiger partial charge in [-0.25, -0.2) is 0 Å². The highest BCUT2D eigenvalue weighted by Crippen LogP contribution is 2.11. The van der Waals surface area contributed by atoms with Crippen LogP contribution in [0.3, 0.4) is 0 Å². The Hall–Kier alpha value is -2.00. The number of aromatic hydroxyl groups is 1. The van der Waals surface area contributed by atoms with Gasteiger partial charge in [-0.3, -0.25) is 4.79 Å². The molecule has 1 aromatic carbocycles. The molecular weight excluding hydrogens is 170 g/mol. The number of nitrogens with zero attached hydrogens (tertiary/aromatic N) is 3.